The number of aliphatic hydroxyl groups is 1. The first-order chi connectivity index (χ1) is 19.5. The summed E-state index contributed by atoms with van der Waals surface area (Å²) in [5, 5.41) is 10.9. The van der Waals surface area contributed by atoms with Crippen LogP contribution in [0.25, 0.3) is 0 Å². The summed E-state index contributed by atoms with van der Waals surface area (Å²) >= 11 is 0. The number of hydrogen-bond acceptors (Lipinski definition) is 7. The van der Waals surface area contributed by atoms with Gasteiger partial charge in [0.05, 0.1) is 19.8 Å². The van der Waals surface area contributed by atoms with Gasteiger partial charge in [0.2, 0.25) is 0 Å². The van der Waals surface area contributed by atoms with E-state index < -0.39 is 5.60 Å². The molecular weight excluding hydrogens is 588 g/mol. The molecule has 2 aromatic carbocycles. The quantitative estimate of drug-likeness (QED) is 0.227. The Kier molecular flexibility index (Phi) is 31.4. The van der Waals surface area contributed by atoms with Gasteiger partial charge in [0.1, 0.15) is 11.5 Å². The van der Waals surface area contributed by atoms with Crippen LogP contribution in [0.15, 0.2) is 48.5 Å². The van der Waals surface area contributed by atoms with Gasteiger partial charge < -0.3 is 48.4 Å². The largest absolute Gasteiger partial charge is 2.00 e. The maximum Gasteiger partial charge on any atom is 2.00 e. The molecule has 0 amide bonds. The molecule has 0 aromatic heterocycles. The number of nitrogens with zero attached hydrogens (tertiary/aromatic N) is 2. The van der Waals surface area contributed by atoms with E-state index in [0.29, 0.717) is 12.0 Å². The third-order valence-corrected chi connectivity index (χ3v) is 6.83. The second-order valence-electron chi connectivity index (χ2n) is 10.8. The fourth-order valence-electron chi connectivity index (χ4n) is 4.63. The zero-order chi connectivity index (χ0) is 31.4. The van der Waals surface area contributed by atoms with Crippen LogP contribution < -0.4 is 21.9 Å². The number of carbonyl (C=O) groups excluding carboxylic acids is 1. The summed E-state index contributed by atoms with van der Waals surface area (Å²) in [5.41, 5.74) is 0.839. The van der Waals surface area contributed by atoms with Gasteiger partial charge in [0.15, 0.2) is 5.78 Å². The minimum Gasteiger partial charge on any atom is -1.00 e. The Balaban J connectivity index is -0.000000283. The van der Waals surface area contributed by atoms with E-state index in [9.17, 15) is 9.90 Å². The van der Waals surface area contributed by atoms with Gasteiger partial charge in [0, 0.05) is 43.7 Å². The summed E-state index contributed by atoms with van der Waals surface area (Å²) in [5.74, 6) is 1.83. The number of methoxy groups -OCH3 is 2. The monoisotopic (exact) mass is 648 g/mol. The topological polar surface area (TPSA) is 71.5 Å². The van der Waals surface area contributed by atoms with E-state index >= 15 is 0 Å². The average Bonchev–Trinajstić information content (AvgIpc) is 3.57. The maximum atomic E-state index is 12.1. The molecule has 1 saturated heterocycles. The van der Waals surface area contributed by atoms with Crippen LogP contribution in [0.2, 0.25) is 0 Å². The van der Waals surface area contributed by atoms with Crippen molar-refractivity contribution in [2.24, 2.45) is 11.8 Å². The zero-order valence-electron chi connectivity index (χ0n) is 28.5. The van der Waals surface area contributed by atoms with Crippen LogP contribution >= 0.6 is 0 Å². The molecule has 0 spiro atoms. The molecule has 1 heterocycles. The van der Waals surface area contributed by atoms with Gasteiger partial charge in [0.25, 0.3) is 0 Å². The van der Waals surface area contributed by atoms with Crippen LogP contribution in [0.3, 0.4) is 0 Å². The number of Topliss-reactive ketones (excluding diaryl/α,β-unsaturated/α-hetero) is 1. The maximum absolute atomic E-state index is 12.1. The minimum absolute atomic E-state index is 0. The van der Waals surface area contributed by atoms with Crippen molar-refractivity contribution >= 4 is 28.8 Å². The molecule has 0 saturated carbocycles. The molecule has 3 atom stereocenters. The predicted molar refractivity (Wildman–Crippen MR) is 184 cm³/mol. The molecule has 0 unspecified atom stereocenters. The van der Waals surface area contributed by atoms with Crippen molar-refractivity contribution in [2.45, 2.75) is 60.0 Å². The molecule has 1 fully saturated rings. The first-order valence-corrected chi connectivity index (χ1v) is 14.6. The SMILES string of the molecule is C.C1CCOC1.CC[C@](O)(c1cccc(OC)c1)[C@@H](C)CN(C)C.COc1cccc(C(=O)[C@@H](C)CN(C)C)c1.[CH2-]C.[Cl-].[Mg+2]. The molecule has 1 N–H and O–H groups in total. The average molecular weight is 650 g/mol. The van der Waals surface area contributed by atoms with E-state index in [1.54, 1.807) is 27.2 Å². The molecule has 0 aliphatic carbocycles. The number of carbonyl (C=O) groups is 1. The van der Waals surface area contributed by atoms with Gasteiger partial charge in [-0.25, -0.2) is 0 Å². The van der Waals surface area contributed by atoms with Crippen LogP contribution in [-0.2, 0) is 10.3 Å². The van der Waals surface area contributed by atoms with Gasteiger partial charge >= 0.3 is 23.1 Å². The van der Waals surface area contributed by atoms with E-state index in [-0.39, 0.29) is 60.5 Å². The smallest absolute Gasteiger partial charge is 1.00 e. The zero-order valence-corrected chi connectivity index (χ0v) is 30.7. The molecule has 1 aliphatic heterocycles. The number of benzene rings is 2. The summed E-state index contributed by atoms with van der Waals surface area (Å²) in [6, 6.07) is 15.0. The van der Waals surface area contributed by atoms with Gasteiger partial charge in [-0.1, -0.05) is 52.5 Å². The fraction of sp³-hybridized carbons (Fsp3) is 0.600. The summed E-state index contributed by atoms with van der Waals surface area (Å²) in [6.45, 7) is 14.7. The predicted octanol–water partition coefficient (Wildman–Crippen LogP) is 3.46. The summed E-state index contributed by atoms with van der Waals surface area (Å²) < 4.78 is 15.3. The molecule has 3 rings (SSSR count). The second kappa shape index (κ2) is 27.9. The second-order valence-corrected chi connectivity index (χ2v) is 10.8. The molecular formula is C35H61ClMgN2O5. The van der Waals surface area contributed by atoms with Crippen molar-refractivity contribution in [1.82, 2.24) is 9.80 Å². The van der Waals surface area contributed by atoms with E-state index in [1.807, 2.05) is 89.4 Å². The number of hydrogen-bond donors (Lipinski definition) is 1. The van der Waals surface area contributed by atoms with Crippen LogP contribution in [0.5, 0.6) is 11.5 Å². The van der Waals surface area contributed by atoms with E-state index in [0.717, 1.165) is 43.4 Å². The third-order valence-electron chi connectivity index (χ3n) is 6.83. The molecule has 250 valence electrons. The Hall–Kier alpha value is -1.39. The van der Waals surface area contributed by atoms with E-state index in [2.05, 4.69) is 18.7 Å². The Morgan fingerprint density at radius 2 is 1.41 bits per heavy atom. The van der Waals surface area contributed by atoms with E-state index in [1.165, 1.54) is 12.8 Å². The molecule has 1 aliphatic rings. The molecule has 44 heavy (non-hydrogen) atoms. The first kappa shape index (κ1) is 49.5. The Morgan fingerprint density at radius 1 is 0.932 bits per heavy atom. The number of halogens is 1. The van der Waals surface area contributed by atoms with Crippen LogP contribution in [0, 0.1) is 18.8 Å². The molecule has 0 bridgehead atoms. The Morgan fingerprint density at radius 3 is 1.82 bits per heavy atom. The van der Waals surface area contributed by atoms with Crippen molar-refractivity contribution in [3.63, 3.8) is 0 Å². The van der Waals surface area contributed by atoms with Gasteiger partial charge in [-0.05, 0) is 77.3 Å². The van der Waals surface area contributed by atoms with Crippen molar-refractivity contribution < 1.29 is 36.5 Å². The van der Waals surface area contributed by atoms with Gasteiger partial charge in [-0.2, -0.15) is 6.92 Å². The summed E-state index contributed by atoms with van der Waals surface area (Å²) in [7, 11) is 11.2. The Labute approximate surface area is 292 Å². The van der Waals surface area contributed by atoms with Crippen molar-refractivity contribution in [3.8, 4) is 11.5 Å². The Bertz CT molecular complexity index is 968. The summed E-state index contributed by atoms with van der Waals surface area (Å²) in [6.07, 6.45) is 3.25. The molecule has 2 aromatic rings. The third kappa shape index (κ3) is 18.5. The van der Waals surface area contributed by atoms with Crippen molar-refractivity contribution in [2.75, 3.05) is 68.7 Å². The molecule has 9 heteroatoms. The van der Waals surface area contributed by atoms with E-state index in [4.69, 9.17) is 14.2 Å². The summed E-state index contributed by atoms with van der Waals surface area (Å²) in [4.78, 5) is 16.2. The molecule has 7 nitrogen and oxygen atoms in total. The molecule has 0 radical (unpaired) electrons. The minimum atomic E-state index is -0.807. The fourth-order valence-corrected chi connectivity index (χ4v) is 4.63. The number of rotatable bonds is 11. The van der Waals surface area contributed by atoms with Crippen molar-refractivity contribution in [3.05, 3.63) is 66.6 Å². The van der Waals surface area contributed by atoms with Gasteiger partial charge in [-0.15, -0.1) is 0 Å². The first-order valence-electron chi connectivity index (χ1n) is 14.6. The van der Waals surface area contributed by atoms with Crippen LogP contribution in [0.4, 0.5) is 0 Å². The van der Waals surface area contributed by atoms with Crippen LogP contribution in [0.1, 0.15) is 70.3 Å². The number of ketones is 1. The normalized spacial score (nSPS) is 14.1. The van der Waals surface area contributed by atoms with Crippen LogP contribution in [-0.4, -0.2) is 112 Å². The van der Waals surface area contributed by atoms with Crippen molar-refractivity contribution in [1.29, 1.82) is 0 Å². The number of ether oxygens (including phenoxy) is 3. The standard InChI is InChI=1S/C15H25NO2.C13H19NO2.C4H8O.C2H5.CH4.ClH.Mg/c1-6-15(17,12(2)11-16(3)4)13-8-7-9-14(10-13)18-5;1-10(9-14(2)3)13(15)11-6-5-7-12(8-11)16-4;1-2-4-5-3-1;1-2;;;/h7-10,12,17H,6,11H2,1-5H3;5-8,10H,9H2,1-4H3;1-4H2;1H2,2H3;1H4;1H;/q;;;-1;;;+2/p-1/t12-,15+;10-;;;;;/m00...../s1. The van der Waals surface area contributed by atoms with Gasteiger partial charge in [-0.3, -0.25) is 4.79 Å².